The number of hydrogen-bond donors (Lipinski definition) is 0. The van der Waals surface area contributed by atoms with Crippen LogP contribution in [0.4, 0.5) is 5.69 Å². The van der Waals surface area contributed by atoms with Crippen molar-refractivity contribution in [1.82, 2.24) is 0 Å². The van der Waals surface area contributed by atoms with Gasteiger partial charge in [-0.2, -0.15) is 0 Å². The normalized spacial score (nSPS) is 15.7. The molecule has 1 aliphatic rings. The average molecular weight is 357 g/mol. The molecule has 2 nitrogen and oxygen atoms in total. The largest absolute Gasteiger partial charge is 0.348 e. The lowest BCUT2D eigenvalue weighted by molar-refractivity contribution is 0.247. The highest BCUT2D eigenvalue weighted by molar-refractivity contribution is 7.95. The van der Waals surface area contributed by atoms with E-state index in [2.05, 4.69) is 111 Å². The van der Waals surface area contributed by atoms with Gasteiger partial charge in [-0.25, -0.2) is 0 Å². The monoisotopic (exact) mass is 357 g/mol. The minimum atomic E-state index is -2.11. The number of benzene rings is 3. The van der Waals surface area contributed by atoms with E-state index in [1.54, 1.807) is 0 Å². The van der Waals surface area contributed by atoms with Crippen molar-refractivity contribution in [2.45, 2.75) is 13.7 Å². The molecule has 1 radical (unpaired) electrons. The third kappa shape index (κ3) is 2.55. The minimum Gasteiger partial charge on any atom is -0.348 e. The summed E-state index contributed by atoms with van der Waals surface area (Å²) in [5, 5.41) is 3.86. The van der Waals surface area contributed by atoms with E-state index in [4.69, 9.17) is 4.84 Å². The van der Waals surface area contributed by atoms with Gasteiger partial charge in [-0.1, -0.05) is 66.3 Å². The Kier molecular flexibility index (Phi) is 4.57. The molecule has 0 amide bonds. The number of hydrogen-bond acceptors (Lipinski definition) is 2. The maximum absolute atomic E-state index is 6.41. The van der Waals surface area contributed by atoms with E-state index < -0.39 is 7.41 Å². The van der Waals surface area contributed by atoms with Crippen LogP contribution >= 0.6 is 7.41 Å². The van der Waals surface area contributed by atoms with Crippen molar-refractivity contribution in [3.63, 3.8) is 0 Å². The van der Waals surface area contributed by atoms with E-state index in [9.17, 15) is 0 Å². The Balaban J connectivity index is 2.05. The Morgan fingerprint density at radius 2 is 1.19 bits per heavy atom. The van der Waals surface area contributed by atoms with Crippen LogP contribution in [0.2, 0.25) is 6.82 Å². The molecule has 4 rings (SSSR count). The summed E-state index contributed by atoms with van der Waals surface area (Å²) in [7, 11) is 0.0996. The van der Waals surface area contributed by atoms with E-state index in [-0.39, 0.29) is 0 Å². The topological polar surface area (TPSA) is 12.5 Å². The first-order valence-electron chi connectivity index (χ1n) is 8.83. The number of allylic oxidation sites excluding steroid dienone is 1. The molecule has 3 aromatic rings. The molecule has 0 N–H and O–H groups in total. The van der Waals surface area contributed by atoms with Crippen LogP contribution in [0, 0.1) is 0 Å². The van der Waals surface area contributed by atoms with Crippen LogP contribution in [0.3, 0.4) is 0 Å². The van der Waals surface area contributed by atoms with Gasteiger partial charge in [0.1, 0.15) is 16.3 Å². The molecule has 0 saturated heterocycles. The summed E-state index contributed by atoms with van der Waals surface area (Å²) in [4.78, 5) is 8.56. The molecular formula is C22H21BNOP+. The highest BCUT2D eigenvalue weighted by Crippen LogP contribution is 2.71. The molecule has 1 aliphatic heterocycles. The molecule has 4 heteroatoms. The Labute approximate surface area is 156 Å². The van der Waals surface area contributed by atoms with Crippen LogP contribution in [0.5, 0.6) is 0 Å². The van der Waals surface area contributed by atoms with Gasteiger partial charge in [0.05, 0.1) is 5.21 Å². The number of rotatable bonds is 4. The van der Waals surface area contributed by atoms with Gasteiger partial charge in [-0.3, -0.25) is 0 Å². The molecule has 26 heavy (non-hydrogen) atoms. The van der Waals surface area contributed by atoms with Crippen LogP contribution in [0.15, 0.2) is 102 Å². The van der Waals surface area contributed by atoms with Gasteiger partial charge in [-0.15, -0.1) is 0 Å². The van der Waals surface area contributed by atoms with Gasteiger partial charge < -0.3 is 4.84 Å². The van der Waals surface area contributed by atoms with Crippen LogP contribution in [0.25, 0.3) is 0 Å². The van der Waals surface area contributed by atoms with Crippen molar-refractivity contribution in [2.24, 2.45) is 0 Å². The van der Waals surface area contributed by atoms with Crippen LogP contribution in [-0.2, 0) is 4.84 Å². The van der Waals surface area contributed by atoms with E-state index in [1.165, 1.54) is 15.8 Å². The van der Waals surface area contributed by atoms with E-state index in [0.29, 0.717) is 0 Å². The predicted molar refractivity (Wildman–Crippen MR) is 113 cm³/mol. The van der Waals surface area contributed by atoms with Gasteiger partial charge in [0, 0.05) is 0 Å². The standard InChI is InChI=1S/C22H21BNOP/c1-18-22(23-2)26(20-14-8-4-9-15-20,21-16-10-5-11-17-21)24(25-18)19-12-6-3-7-13-19/h3-17H,1-2H3/q+1. The maximum Gasteiger partial charge on any atom is 0.233 e. The summed E-state index contributed by atoms with van der Waals surface area (Å²) < 4.78 is 0. The quantitative estimate of drug-likeness (QED) is 0.483. The Morgan fingerprint density at radius 3 is 1.65 bits per heavy atom. The van der Waals surface area contributed by atoms with Gasteiger partial charge in [0.25, 0.3) is 0 Å². The summed E-state index contributed by atoms with van der Waals surface area (Å²) in [5.74, 6) is 0.970. The van der Waals surface area contributed by atoms with Crippen molar-refractivity contribution in [3.8, 4) is 0 Å². The predicted octanol–water partition coefficient (Wildman–Crippen LogP) is 4.96. The van der Waals surface area contributed by atoms with Crippen molar-refractivity contribution in [2.75, 3.05) is 4.83 Å². The summed E-state index contributed by atoms with van der Waals surface area (Å²) in [5.41, 5.74) is 1.07. The highest BCUT2D eigenvalue weighted by Gasteiger charge is 2.59. The lowest BCUT2D eigenvalue weighted by atomic mass is 9.81. The molecule has 1 heterocycles. The van der Waals surface area contributed by atoms with Crippen LogP contribution in [0.1, 0.15) is 6.92 Å². The molecule has 3 aromatic carbocycles. The second-order valence-electron chi connectivity index (χ2n) is 6.24. The van der Waals surface area contributed by atoms with Crippen molar-refractivity contribution in [3.05, 3.63) is 102 Å². The van der Waals surface area contributed by atoms with Gasteiger partial charge in [0.15, 0.2) is 5.76 Å². The lowest BCUT2D eigenvalue weighted by Crippen LogP contribution is -2.35. The van der Waals surface area contributed by atoms with Gasteiger partial charge in [0.2, 0.25) is 14.7 Å². The van der Waals surface area contributed by atoms with E-state index in [1.807, 2.05) is 6.07 Å². The first-order chi connectivity index (χ1) is 12.8. The van der Waals surface area contributed by atoms with Gasteiger partial charge >= 0.3 is 0 Å². The summed E-state index contributed by atoms with van der Waals surface area (Å²) in [6.45, 7) is 4.18. The number of para-hydroxylation sites is 1. The fraction of sp³-hybridized carbons (Fsp3) is 0.0909. The fourth-order valence-corrected chi connectivity index (χ4v) is 7.93. The number of nitrogens with zero attached hydrogens (tertiary/aromatic N) is 1. The van der Waals surface area contributed by atoms with E-state index >= 15 is 0 Å². The zero-order valence-corrected chi connectivity index (χ0v) is 15.9. The Bertz CT molecular complexity index is 873. The average Bonchev–Trinajstić information content (AvgIpc) is 3.03. The zero-order valence-electron chi connectivity index (χ0n) is 15.0. The molecule has 0 saturated carbocycles. The lowest BCUT2D eigenvalue weighted by Gasteiger charge is -2.31. The second-order valence-corrected chi connectivity index (χ2v) is 9.39. The van der Waals surface area contributed by atoms with Crippen LogP contribution < -0.4 is 15.4 Å². The molecule has 0 fully saturated rings. The molecule has 0 aromatic heterocycles. The van der Waals surface area contributed by atoms with Crippen molar-refractivity contribution >= 4 is 31.0 Å². The molecule has 0 unspecified atom stereocenters. The van der Waals surface area contributed by atoms with E-state index in [0.717, 1.165) is 11.4 Å². The Hall–Kier alpha value is -2.51. The van der Waals surface area contributed by atoms with Gasteiger partial charge in [-0.05, 0) is 43.3 Å². The molecular weight excluding hydrogens is 336 g/mol. The minimum absolute atomic E-state index is 0.970. The first kappa shape index (κ1) is 16.9. The molecule has 0 bridgehead atoms. The smallest absolute Gasteiger partial charge is 0.233 e. The maximum atomic E-state index is 6.41. The number of anilines is 1. The van der Waals surface area contributed by atoms with Crippen molar-refractivity contribution < 1.29 is 4.84 Å². The molecule has 0 atom stereocenters. The fourth-order valence-electron chi connectivity index (χ4n) is 3.66. The Morgan fingerprint density at radius 1 is 0.731 bits per heavy atom. The first-order valence-corrected chi connectivity index (χ1v) is 10.6. The van der Waals surface area contributed by atoms with Crippen molar-refractivity contribution in [1.29, 1.82) is 0 Å². The third-order valence-corrected chi connectivity index (χ3v) is 8.93. The second kappa shape index (κ2) is 7.01. The molecule has 0 spiro atoms. The molecule has 127 valence electrons. The summed E-state index contributed by atoms with van der Waals surface area (Å²) >= 11 is 0. The summed E-state index contributed by atoms with van der Waals surface area (Å²) in [6, 6.07) is 31.9. The van der Waals surface area contributed by atoms with Crippen LogP contribution in [-0.4, -0.2) is 7.28 Å². The third-order valence-electron chi connectivity index (χ3n) is 4.72. The summed E-state index contributed by atoms with van der Waals surface area (Å²) in [6.07, 6.45) is 0. The SMILES string of the molecule is C[B]C1=C(C)ON(c2ccccc2)[P+]1(c1ccccc1)c1ccccc1. The zero-order chi connectivity index (χ0) is 18.0. The highest BCUT2D eigenvalue weighted by atomic mass is 31.2. The molecule has 0 aliphatic carbocycles.